The molecule has 0 spiro atoms. The molecule has 1 saturated carbocycles. The highest BCUT2D eigenvalue weighted by Crippen LogP contribution is 2.33. The number of hydrogen-bond acceptors (Lipinski definition) is 6. The SMILES string of the molecule is Cc1nc(C(=O)NCc2ccc(F)c(Cl)c2)cc(C2=NOC([C@H]3CC[C@H](NC(=O)[C@H](C)Cl)CC3)C2)n1. The predicted octanol–water partition coefficient (Wildman–Crippen LogP) is 4.30. The van der Waals surface area contributed by atoms with E-state index in [1.165, 1.54) is 12.1 Å². The van der Waals surface area contributed by atoms with Crippen LogP contribution in [0.2, 0.25) is 5.02 Å². The van der Waals surface area contributed by atoms with Gasteiger partial charge < -0.3 is 15.5 Å². The molecule has 2 aliphatic rings. The van der Waals surface area contributed by atoms with Crippen LogP contribution in [0.25, 0.3) is 0 Å². The van der Waals surface area contributed by atoms with Gasteiger partial charge in [0, 0.05) is 19.0 Å². The van der Waals surface area contributed by atoms with E-state index in [4.69, 9.17) is 28.0 Å². The molecule has 192 valence electrons. The van der Waals surface area contributed by atoms with Gasteiger partial charge in [0.15, 0.2) is 0 Å². The van der Waals surface area contributed by atoms with Crippen LogP contribution >= 0.6 is 23.2 Å². The lowest BCUT2D eigenvalue weighted by atomic mass is 9.81. The number of nitrogens with one attached hydrogen (secondary N) is 2. The fraction of sp³-hybridized carbons (Fsp3) is 0.480. The van der Waals surface area contributed by atoms with E-state index in [9.17, 15) is 14.0 Å². The molecule has 1 aromatic carbocycles. The van der Waals surface area contributed by atoms with Gasteiger partial charge in [-0.25, -0.2) is 14.4 Å². The van der Waals surface area contributed by atoms with Gasteiger partial charge in [0.1, 0.15) is 34.5 Å². The highest BCUT2D eigenvalue weighted by atomic mass is 35.5. The molecule has 0 saturated heterocycles. The van der Waals surface area contributed by atoms with Crippen molar-refractivity contribution in [1.82, 2.24) is 20.6 Å². The summed E-state index contributed by atoms with van der Waals surface area (Å²) >= 11 is 11.7. The number of carbonyl (C=O) groups is 2. The van der Waals surface area contributed by atoms with Crippen LogP contribution in [0.4, 0.5) is 4.39 Å². The normalized spacial score (nSPS) is 22.4. The zero-order valence-electron chi connectivity index (χ0n) is 20.1. The monoisotopic (exact) mass is 535 g/mol. The third-order valence-corrected chi connectivity index (χ3v) is 6.99. The van der Waals surface area contributed by atoms with E-state index in [0.29, 0.717) is 35.1 Å². The Balaban J connectivity index is 1.33. The maximum Gasteiger partial charge on any atom is 0.270 e. The quantitative estimate of drug-likeness (QED) is 0.514. The molecule has 2 aromatic rings. The maximum atomic E-state index is 13.4. The molecule has 2 N–H and O–H groups in total. The van der Waals surface area contributed by atoms with Gasteiger partial charge in [-0.2, -0.15) is 0 Å². The number of carbonyl (C=O) groups excluding carboxylic acids is 2. The van der Waals surface area contributed by atoms with Gasteiger partial charge in [0.2, 0.25) is 5.91 Å². The van der Waals surface area contributed by atoms with Crippen LogP contribution in [-0.4, -0.2) is 45.0 Å². The van der Waals surface area contributed by atoms with Crippen molar-refractivity contribution in [2.24, 2.45) is 11.1 Å². The number of aromatic nitrogens is 2. The van der Waals surface area contributed by atoms with Crippen molar-refractivity contribution in [3.05, 3.63) is 57.9 Å². The second kappa shape index (κ2) is 11.5. The summed E-state index contributed by atoms with van der Waals surface area (Å²) in [6.07, 6.45) is 4.08. The van der Waals surface area contributed by atoms with Crippen LogP contribution in [0.15, 0.2) is 29.4 Å². The van der Waals surface area contributed by atoms with Crippen molar-refractivity contribution in [2.75, 3.05) is 0 Å². The second-order valence-electron chi connectivity index (χ2n) is 9.24. The van der Waals surface area contributed by atoms with Crippen LogP contribution < -0.4 is 10.6 Å². The standard InChI is InChI=1S/C25H28Cl2FN5O3/c1-13(26)24(34)32-17-6-4-16(5-7-17)23-11-21(33-36-23)20-10-22(31-14(2)30-20)25(35)29-12-15-3-8-19(28)18(27)9-15/h3,8-10,13,16-17,23H,4-7,11-12H2,1-2H3,(H,29,35)(H,32,34)/t13-,16-,17-,23?/m0/s1. The Labute approximate surface area is 219 Å². The van der Waals surface area contributed by atoms with Crippen molar-refractivity contribution < 1.29 is 18.8 Å². The van der Waals surface area contributed by atoms with Crippen LogP contribution in [0.3, 0.4) is 0 Å². The minimum atomic E-state index is -0.540. The molecular formula is C25H28Cl2FN5O3. The first-order valence-electron chi connectivity index (χ1n) is 11.9. The van der Waals surface area contributed by atoms with E-state index in [0.717, 1.165) is 25.7 Å². The first-order valence-corrected chi connectivity index (χ1v) is 12.8. The minimum Gasteiger partial charge on any atom is -0.391 e. The van der Waals surface area contributed by atoms with E-state index in [-0.39, 0.29) is 41.2 Å². The van der Waals surface area contributed by atoms with Crippen LogP contribution in [0.5, 0.6) is 0 Å². The average Bonchev–Trinajstić information content (AvgIpc) is 3.35. The molecule has 2 heterocycles. The fourth-order valence-corrected chi connectivity index (χ4v) is 4.77. The molecule has 36 heavy (non-hydrogen) atoms. The number of oxime groups is 1. The van der Waals surface area contributed by atoms with Crippen molar-refractivity contribution >= 4 is 40.7 Å². The number of nitrogens with zero attached hydrogens (tertiary/aromatic N) is 3. The number of hydrogen-bond donors (Lipinski definition) is 2. The van der Waals surface area contributed by atoms with Crippen molar-refractivity contribution in [1.29, 1.82) is 0 Å². The molecule has 2 amide bonds. The Morgan fingerprint density at radius 2 is 1.94 bits per heavy atom. The summed E-state index contributed by atoms with van der Waals surface area (Å²) in [7, 11) is 0. The molecule has 0 radical (unpaired) electrons. The van der Waals surface area contributed by atoms with Crippen LogP contribution in [0.1, 0.15) is 66.6 Å². The Morgan fingerprint density at radius 1 is 1.19 bits per heavy atom. The third kappa shape index (κ3) is 6.50. The lowest BCUT2D eigenvalue weighted by Crippen LogP contribution is -2.42. The first kappa shape index (κ1) is 26.3. The molecule has 1 aromatic heterocycles. The molecule has 1 aliphatic carbocycles. The van der Waals surface area contributed by atoms with Gasteiger partial charge >= 0.3 is 0 Å². The minimum absolute atomic E-state index is 0.00110. The summed E-state index contributed by atoms with van der Waals surface area (Å²) in [5, 5.41) is 9.49. The Kier molecular flexibility index (Phi) is 8.41. The number of alkyl halides is 1. The number of aryl methyl sites for hydroxylation is 1. The molecule has 0 bridgehead atoms. The summed E-state index contributed by atoms with van der Waals surface area (Å²) in [4.78, 5) is 39.0. The van der Waals surface area contributed by atoms with E-state index in [1.807, 2.05) is 0 Å². The molecule has 2 atom stereocenters. The lowest BCUT2D eigenvalue weighted by Gasteiger charge is -2.31. The molecule has 1 unspecified atom stereocenters. The number of rotatable bonds is 7. The summed E-state index contributed by atoms with van der Waals surface area (Å²) in [5.74, 6) is -0.269. The van der Waals surface area contributed by atoms with E-state index >= 15 is 0 Å². The molecule has 4 rings (SSSR count). The number of amides is 2. The second-order valence-corrected chi connectivity index (χ2v) is 10.3. The highest BCUT2D eigenvalue weighted by molar-refractivity contribution is 6.31. The van der Waals surface area contributed by atoms with Gasteiger partial charge in [0.25, 0.3) is 5.91 Å². The van der Waals surface area contributed by atoms with Crippen LogP contribution in [-0.2, 0) is 16.2 Å². The largest absolute Gasteiger partial charge is 0.391 e. The topological polar surface area (TPSA) is 106 Å². The molecule has 1 fully saturated rings. The molecule has 11 heteroatoms. The zero-order chi connectivity index (χ0) is 25.8. The summed E-state index contributed by atoms with van der Waals surface area (Å²) in [6, 6.07) is 6.02. The lowest BCUT2D eigenvalue weighted by molar-refractivity contribution is -0.121. The van der Waals surface area contributed by atoms with Gasteiger partial charge in [-0.3, -0.25) is 9.59 Å². The molecule has 1 aliphatic heterocycles. The highest BCUT2D eigenvalue weighted by Gasteiger charge is 2.34. The van der Waals surface area contributed by atoms with Crippen LogP contribution in [0, 0.1) is 18.7 Å². The number of halogens is 3. The fourth-order valence-electron chi connectivity index (χ4n) is 4.51. The summed E-state index contributed by atoms with van der Waals surface area (Å²) < 4.78 is 13.4. The van der Waals surface area contributed by atoms with E-state index < -0.39 is 11.2 Å². The molecule has 8 nitrogen and oxygen atoms in total. The van der Waals surface area contributed by atoms with Crippen molar-refractivity contribution in [3.63, 3.8) is 0 Å². The Hall–Kier alpha value is -2.78. The number of benzene rings is 1. The smallest absolute Gasteiger partial charge is 0.270 e. The third-order valence-electron chi connectivity index (χ3n) is 6.50. The van der Waals surface area contributed by atoms with Gasteiger partial charge in [-0.1, -0.05) is 22.8 Å². The van der Waals surface area contributed by atoms with Crippen molar-refractivity contribution in [2.45, 2.75) is 70.0 Å². The Morgan fingerprint density at radius 3 is 2.64 bits per heavy atom. The zero-order valence-corrected chi connectivity index (χ0v) is 21.6. The maximum absolute atomic E-state index is 13.4. The summed E-state index contributed by atoms with van der Waals surface area (Å²) in [5.41, 5.74) is 2.11. The van der Waals surface area contributed by atoms with E-state index in [1.54, 1.807) is 26.0 Å². The van der Waals surface area contributed by atoms with Gasteiger partial charge in [-0.15, -0.1) is 11.6 Å². The van der Waals surface area contributed by atoms with Gasteiger partial charge in [-0.05, 0) is 69.2 Å². The average molecular weight is 536 g/mol. The van der Waals surface area contributed by atoms with E-state index in [2.05, 4.69) is 25.8 Å². The first-order chi connectivity index (χ1) is 17.2. The van der Waals surface area contributed by atoms with Gasteiger partial charge in [0.05, 0.1) is 10.7 Å². The predicted molar refractivity (Wildman–Crippen MR) is 135 cm³/mol. The molecular weight excluding hydrogens is 508 g/mol. The van der Waals surface area contributed by atoms with Crippen molar-refractivity contribution in [3.8, 4) is 0 Å². The Bertz CT molecular complexity index is 1170. The summed E-state index contributed by atoms with van der Waals surface area (Å²) in [6.45, 7) is 3.56.